The Kier molecular flexibility index (Phi) is 4.25. The first kappa shape index (κ1) is 18.0. The highest BCUT2D eigenvalue weighted by Gasteiger charge is 2.35. The maximum atomic E-state index is 13.1. The van der Waals surface area contributed by atoms with Crippen LogP contribution in [0.25, 0.3) is 0 Å². The minimum atomic E-state index is -3.79. The lowest BCUT2D eigenvalue weighted by Crippen LogP contribution is -2.48. The molecule has 0 aromatic heterocycles. The number of rotatable bonds is 2. The first-order valence-electron chi connectivity index (χ1n) is 8.77. The number of benzene rings is 2. The fourth-order valence-electron chi connectivity index (χ4n) is 3.72. The van der Waals surface area contributed by atoms with E-state index in [9.17, 15) is 18.0 Å². The van der Waals surface area contributed by atoms with Gasteiger partial charge in [0.15, 0.2) is 11.6 Å². The number of ether oxygens (including phenoxy) is 1. The Hall–Kier alpha value is -2.35. The number of hydrogen-bond donors (Lipinski definition) is 0. The number of carbonyl (C=O) groups excluding carboxylic acids is 2. The lowest BCUT2D eigenvalue weighted by Gasteiger charge is -2.34. The number of morpholine rings is 1. The van der Waals surface area contributed by atoms with Gasteiger partial charge in [0, 0.05) is 35.3 Å². The van der Waals surface area contributed by atoms with E-state index < -0.39 is 10.0 Å². The van der Waals surface area contributed by atoms with Gasteiger partial charge in [-0.15, -0.1) is 0 Å². The summed E-state index contributed by atoms with van der Waals surface area (Å²) in [5.74, 6) is -0.598. The van der Waals surface area contributed by atoms with Gasteiger partial charge in [0.25, 0.3) is 0 Å². The number of sulfonamides is 1. The molecule has 0 spiro atoms. The number of ketones is 2. The fraction of sp³-hybridized carbons (Fsp3) is 0.300. The van der Waals surface area contributed by atoms with Crippen molar-refractivity contribution in [3.63, 3.8) is 0 Å². The Labute approximate surface area is 157 Å². The number of carbonyl (C=O) groups is 2. The highest BCUT2D eigenvalue weighted by atomic mass is 32.2. The first-order valence-corrected chi connectivity index (χ1v) is 10.2. The number of hydrogen-bond acceptors (Lipinski definition) is 5. The van der Waals surface area contributed by atoms with Crippen molar-refractivity contribution in [1.82, 2.24) is 4.31 Å². The molecule has 1 heterocycles. The van der Waals surface area contributed by atoms with Gasteiger partial charge >= 0.3 is 0 Å². The van der Waals surface area contributed by atoms with Crippen LogP contribution in [0.1, 0.15) is 45.7 Å². The van der Waals surface area contributed by atoms with Gasteiger partial charge in [0.2, 0.25) is 10.0 Å². The van der Waals surface area contributed by atoms with Crippen LogP contribution < -0.4 is 0 Å². The van der Waals surface area contributed by atoms with Crippen LogP contribution in [0.15, 0.2) is 47.4 Å². The average Bonchev–Trinajstić information content (AvgIpc) is 2.65. The number of fused-ring (bicyclic) bond motifs is 2. The molecule has 4 rings (SSSR count). The molecule has 0 saturated carbocycles. The minimum absolute atomic E-state index is 0.0167. The summed E-state index contributed by atoms with van der Waals surface area (Å²) in [7, 11) is -3.79. The second-order valence-electron chi connectivity index (χ2n) is 6.99. The molecule has 0 N–H and O–H groups in total. The monoisotopic (exact) mass is 385 g/mol. The van der Waals surface area contributed by atoms with Crippen molar-refractivity contribution < 1.29 is 22.7 Å². The SMILES string of the molecule is C[C@H]1CN(S(=O)(=O)c2ccc3c(c2)C(=O)c2ccccc2C3=O)C[C@H](C)O1. The zero-order valence-electron chi connectivity index (χ0n) is 15.0. The van der Waals surface area contributed by atoms with Crippen LogP contribution >= 0.6 is 0 Å². The van der Waals surface area contributed by atoms with E-state index in [0.717, 1.165) is 0 Å². The largest absolute Gasteiger partial charge is 0.373 e. The zero-order valence-corrected chi connectivity index (χ0v) is 15.8. The Morgan fingerprint density at radius 2 is 1.37 bits per heavy atom. The third-order valence-electron chi connectivity index (χ3n) is 4.92. The van der Waals surface area contributed by atoms with Gasteiger partial charge in [-0.25, -0.2) is 8.42 Å². The lowest BCUT2D eigenvalue weighted by atomic mass is 9.84. The third-order valence-corrected chi connectivity index (χ3v) is 6.75. The van der Waals surface area contributed by atoms with Crippen molar-refractivity contribution in [3.05, 3.63) is 64.7 Å². The molecule has 1 aliphatic carbocycles. The van der Waals surface area contributed by atoms with Crippen LogP contribution in [0.3, 0.4) is 0 Å². The van der Waals surface area contributed by atoms with Crippen LogP contribution in [-0.2, 0) is 14.8 Å². The second-order valence-corrected chi connectivity index (χ2v) is 8.93. The predicted molar refractivity (Wildman–Crippen MR) is 98.5 cm³/mol. The smallest absolute Gasteiger partial charge is 0.243 e. The minimum Gasteiger partial charge on any atom is -0.373 e. The van der Waals surface area contributed by atoms with Crippen molar-refractivity contribution in [2.75, 3.05) is 13.1 Å². The highest BCUT2D eigenvalue weighted by molar-refractivity contribution is 7.89. The van der Waals surface area contributed by atoms with Crippen LogP contribution in [0.2, 0.25) is 0 Å². The molecule has 0 unspecified atom stereocenters. The summed E-state index contributed by atoms with van der Waals surface area (Å²) >= 11 is 0. The molecule has 1 saturated heterocycles. The Morgan fingerprint density at radius 1 is 0.852 bits per heavy atom. The summed E-state index contributed by atoms with van der Waals surface area (Å²) in [6.45, 7) is 4.15. The molecule has 0 bridgehead atoms. The molecule has 2 atom stereocenters. The van der Waals surface area contributed by atoms with Gasteiger partial charge in [0.1, 0.15) is 0 Å². The molecule has 0 amide bonds. The topological polar surface area (TPSA) is 80.8 Å². The summed E-state index contributed by atoms with van der Waals surface area (Å²) in [6.07, 6.45) is -0.424. The van der Waals surface area contributed by atoms with Crippen LogP contribution in [0.4, 0.5) is 0 Å². The van der Waals surface area contributed by atoms with Gasteiger partial charge in [-0.05, 0) is 32.0 Å². The normalized spacial score (nSPS) is 23.0. The molecular weight excluding hydrogens is 366 g/mol. The van der Waals surface area contributed by atoms with Crippen molar-refractivity contribution >= 4 is 21.6 Å². The molecule has 2 aliphatic rings. The summed E-state index contributed by atoms with van der Waals surface area (Å²) in [6, 6.07) is 10.8. The van der Waals surface area contributed by atoms with Gasteiger partial charge in [-0.3, -0.25) is 9.59 Å². The molecule has 0 radical (unpaired) electrons. The zero-order chi connectivity index (χ0) is 19.3. The van der Waals surface area contributed by atoms with E-state index in [1.807, 2.05) is 13.8 Å². The fourth-order valence-corrected chi connectivity index (χ4v) is 5.33. The van der Waals surface area contributed by atoms with E-state index >= 15 is 0 Å². The van der Waals surface area contributed by atoms with Crippen LogP contribution in [0.5, 0.6) is 0 Å². The lowest BCUT2D eigenvalue weighted by molar-refractivity contribution is -0.0440. The molecule has 7 heteroatoms. The number of nitrogens with zero attached hydrogens (tertiary/aromatic N) is 1. The average molecular weight is 385 g/mol. The standard InChI is InChI=1S/C20H19NO5S/c1-12-10-21(11-13(2)26-12)27(24,25)14-7-8-17-18(9-14)20(23)16-6-4-3-5-15(16)19(17)22/h3-9,12-13H,10-11H2,1-2H3/t12-,13-/m0/s1. The van der Waals surface area contributed by atoms with Gasteiger partial charge in [-0.2, -0.15) is 4.31 Å². The maximum Gasteiger partial charge on any atom is 0.243 e. The van der Waals surface area contributed by atoms with E-state index in [0.29, 0.717) is 11.1 Å². The molecule has 2 aromatic carbocycles. The highest BCUT2D eigenvalue weighted by Crippen LogP contribution is 2.30. The molecule has 1 fully saturated rings. The molecule has 2 aromatic rings. The predicted octanol–water partition coefficient (Wildman–Crippen LogP) is 2.26. The van der Waals surface area contributed by atoms with E-state index in [1.54, 1.807) is 24.3 Å². The van der Waals surface area contributed by atoms with Crippen molar-refractivity contribution in [2.24, 2.45) is 0 Å². The molecule has 6 nitrogen and oxygen atoms in total. The van der Waals surface area contributed by atoms with Crippen molar-refractivity contribution in [1.29, 1.82) is 0 Å². The summed E-state index contributed by atoms with van der Waals surface area (Å²) < 4.78 is 33.1. The summed E-state index contributed by atoms with van der Waals surface area (Å²) in [5, 5.41) is 0. The Morgan fingerprint density at radius 3 is 1.96 bits per heavy atom. The molecule has 27 heavy (non-hydrogen) atoms. The molecule has 140 valence electrons. The maximum absolute atomic E-state index is 13.1. The van der Waals surface area contributed by atoms with Crippen molar-refractivity contribution in [2.45, 2.75) is 31.0 Å². The van der Waals surface area contributed by atoms with E-state index in [1.165, 1.54) is 22.5 Å². The summed E-state index contributed by atoms with van der Waals surface area (Å²) in [5.41, 5.74) is 1.02. The van der Waals surface area contributed by atoms with Gasteiger partial charge in [0.05, 0.1) is 17.1 Å². The molecular formula is C20H19NO5S. The van der Waals surface area contributed by atoms with Crippen LogP contribution in [-0.4, -0.2) is 49.6 Å². The Bertz CT molecular complexity index is 1050. The van der Waals surface area contributed by atoms with Crippen molar-refractivity contribution in [3.8, 4) is 0 Å². The van der Waals surface area contributed by atoms with Crippen LogP contribution in [0, 0.1) is 0 Å². The summed E-state index contributed by atoms with van der Waals surface area (Å²) in [4.78, 5) is 25.5. The van der Waals surface area contributed by atoms with E-state index in [4.69, 9.17) is 4.74 Å². The van der Waals surface area contributed by atoms with Gasteiger partial charge in [-0.1, -0.05) is 24.3 Å². The second kappa shape index (κ2) is 6.37. The van der Waals surface area contributed by atoms with E-state index in [2.05, 4.69) is 0 Å². The third kappa shape index (κ3) is 2.92. The molecule has 1 aliphatic heterocycles. The Balaban J connectivity index is 1.77. The quantitative estimate of drug-likeness (QED) is 0.676. The van der Waals surface area contributed by atoms with Gasteiger partial charge < -0.3 is 4.74 Å². The first-order chi connectivity index (χ1) is 12.8. The van der Waals surface area contributed by atoms with E-state index in [-0.39, 0.29) is 52.9 Å².